The molecule has 12 nitrogen and oxygen atoms in total. The van der Waals surface area contributed by atoms with Gasteiger partial charge < -0.3 is 29.8 Å². The highest BCUT2D eigenvalue weighted by Gasteiger charge is 2.25. The minimum Gasteiger partial charge on any atom is -0.497 e. The van der Waals surface area contributed by atoms with Gasteiger partial charge in [-0.25, -0.2) is 13.4 Å². The van der Waals surface area contributed by atoms with E-state index in [9.17, 15) is 18.3 Å². The van der Waals surface area contributed by atoms with Gasteiger partial charge in [-0.2, -0.15) is 4.98 Å². The Morgan fingerprint density at radius 1 is 0.925 bits per heavy atom. The minimum atomic E-state index is -4.19. The van der Waals surface area contributed by atoms with E-state index in [1.807, 2.05) is 0 Å². The van der Waals surface area contributed by atoms with Crippen molar-refractivity contribution in [3.8, 4) is 40.3 Å². The Hall–Kier alpha value is -4.88. The highest BCUT2D eigenvalue weighted by molar-refractivity contribution is 7.92. The zero-order valence-corrected chi connectivity index (χ0v) is 22.3. The van der Waals surface area contributed by atoms with Crippen LogP contribution < -0.4 is 29.4 Å². The molecule has 3 aromatic carbocycles. The molecule has 0 saturated heterocycles. The van der Waals surface area contributed by atoms with E-state index in [-0.39, 0.29) is 52.7 Å². The molecule has 1 aromatic heterocycles. The first-order chi connectivity index (χ1) is 19.2. The third-order valence-electron chi connectivity index (χ3n) is 5.45. The Balaban J connectivity index is 1.86. The third kappa shape index (κ3) is 6.57. The van der Waals surface area contributed by atoms with Crippen LogP contribution in [0.4, 0.5) is 5.82 Å². The van der Waals surface area contributed by atoms with Gasteiger partial charge in [0, 0.05) is 17.2 Å². The molecular formula is C27H26N4O8S. The van der Waals surface area contributed by atoms with Crippen molar-refractivity contribution in [2.75, 3.05) is 32.2 Å². The average molecular weight is 567 g/mol. The van der Waals surface area contributed by atoms with Crippen LogP contribution in [0.15, 0.2) is 77.7 Å². The lowest BCUT2D eigenvalue weighted by atomic mass is 10.1. The maximum absolute atomic E-state index is 13.4. The summed E-state index contributed by atoms with van der Waals surface area (Å²) in [5.41, 5.74) is 6.03. The van der Waals surface area contributed by atoms with Crippen LogP contribution in [0.1, 0.15) is 10.4 Å². The third-order valence-corrected chi connectivity index (χ3v) is 6.81. The topological polar surface area (TPSA) is 172 Å². The molecule has 13 heteroatoms. The summed E-state index contributed by atoms with van der Waals surface area (Å²) in [5, 5.41) is 9.40. The molecule has 0 fully saturated rings. The summed E-state index contributed by atoms with van der Waals surface area (Å²) in [5.74, 6) is 0.136. The van der Waals surface area contributed by atoms with E-state index >= 15 is 0 Å². The second-order valence-electron chi connectivity index (χ2n) is 8.11. The SMILES string of the molecule is COc1ccc(S(=O)(=O)Nc2nc(-c3ccc(C(N)=O)cc3)nc(OCCO)c2Oc2cccc(OC)c2)cc1. The summed E-state index contributed by atoms with van der Waals surface area (Å²) in [4.78, 5) is 20.3. The molecule has 0 aliphatic carbocycles. The molecule has 1 heterocycles. The highest BCUT2D eigenvalue weighted by Crippen LogP contribution is 2.40. The van der Waals surface area contributed by atoms with E-state index < -0.39 is 15.9 Å². The Morgan fingerprint density at radius 3 is 2.23 bits per heavy atom. The fourth-order valence-corrected chi connectivity index (χ4v) is 4.47. The van der Waals surface area contributed by atoms with Crippen LogP contribution in [-0.2, 0) is 10.0 Å². The predicted molar refractivity (Wildman–Crippen MR) is 145 cm³/mol. The maximum Gasteiger partial charge on any atom is 0.263 e. The number of rotatable bonds is 12. The zero-order valence-electron chi connectivity index (χ0n) is 21.5. The zero-order chi connectivity index (χ0) is 28.7. The first-order valence-electron chi connectivity index (χ1n) is 11.8. The normalized spacial score (nSPS) is 11.0. The van der Waals surface area contributed by atoms with Crippen molar-refractivity contribution < 1.29 is 37.3 Å². The van der Waals surface area contributed by atoms with Gasteiger partial charge in [-0.05, 0) is 48.5 Å². The van der Waals surface area contributed by atoms with Crippen LogP contribution in [0.5, 0.6) is 28.9 Å². The van der Waals surface area contributed by atoms with Gasteiger partial charge in [-0.15, -0.1) is 0 Å². The molecule has 0 radical (unpaired) electrons. The number of anilines is 1. The number of hydrogen-bond acceptors (Lipinski definition) is 10. The molecule has 0 saturated carbocycles. The predicted octanol–water partition coefficient (Wildman–Crippen LogP) is 3.22. The number of sulfonamides is 1. The molecule has 4 rings (SSSR count). The molecule has 0 unspecified atom stereocenters. The van der Waals surface area contributed by atoms with Gasteiger partial charge >= 0.3 is 0 Å². The van der Waals surface area contributed by atoms with E-state index in [1.165, 1.54) is 50.6 Å². The molecule has 0 aliphatic heterocycles. The lowest BCUT2D eigenvalue weighted by molar-refractivity contribution is 0.1000. The quantitative estimate of drug-likeness (QED) is 0.231. The summed E-state index contributed by atoms with van der Waals surface area (Å²) in [6.07, 6.45) is 0. The number of amides is 1. The number of primary amides is 1. The number of hydrogen-bond donors (Lipinski definition) is 3. The summed E-state index contributed by atoms with van der Waals surface area (Å²) >= 11 is 0. The number of aliphatic hydroxyl groups is 1. The first-order valence-corrected chi connectivity index (χ1v) is 13.3. The summed E-state index contributed by atoms with van der Waals surface area (Å²) in [7, 11) is -1.23. The van der Waals surface area contributed by atoms with Crippen molar-refractivity contribution in [1.82, 2.24) is 9.97 Å². The van der Waals surface area contributed by atoms with Crippen molar-refractivity contribution in [2.24, 2.45) is 5.73 Å². The molecule has 0 spiro atoms. The lowest BCUT2D eigenvalue weighted by Gasteiger charge is -2.17. The molecule has 0 atom stereocenters. The summed E-state index contributed by atoms with van der Waals surface area (Å²) < 4.78 is 51.2. The van der Waals surface area contributed by atoms with Gasteiger partial charge in [0.1, 0.15) is 23.9 Å². The van der Waals surface area contributed by atoms with Crippen LogP contribution >= 0.6 is 0 Å². The molecule has 0 bridgehead atoms. The number of benzene rings is 3. The van der Waals surface area contributed by atoms with Gasteiger partial charge in [-0.1, -0.05) is 18.2 Å². The lowest BCUT2D eigenvalue weighted by Crippen LogP contribution is -2.16. The number of nitrogens with one attached hydrogen (secondary N) is 1. The van der Waals surface area contributed by atoms with Crippen molar-refractivity contribution in [1.29, 1.82) is 0 Å². The molecule has 208 valence electrons. The minimum absolute atomic E-state index is 0.0504. The van der Waals surface area contributed by atoms with Crippen LogP contribution in [0, 0.1) is 0 Å². The number of methoxy groups -OCH3 is 2. The van der Waals surface area contributed by atoms with E-state index in [2.05, 4.69) is 14.7 Å². The Kier molecular flexibility index (Phi) is 8.67. The van der Waals surface area contributed by atoms with Gasteiger partial charge in [0.25, 0.3) is 15.9 Å². The number of carbonyl (C=O) groups excluding carboxylic acids is 1. The van der Waals surface area contributed by atoms with Crippen molar-refractivity contribution in [3.63, 3.8) is 0 Å². The number of aromatic nitrogens is 2. The van der Waals surface area contributed by atoms with Crippen LogP contribution in [0.2, 0.25) is 0 Å². The fraction of sp³-hybridized carbons (Fsp3) is 0.148. The molecule has 0 aliphatic rings. The Labute approximate surface area is 230 Å². The molecule has 40 heavy (non-hydrogen) atoms. The standard InChI is InChI=1S/C27H26N4O8S/c1-36-19-10-12-22(13-11-19)40(34,35)31-26-23(39-21-5-3-4-20(16-21)37-2)27(38-15-14-32)30-25(29-26)18-8-6-17(7-9-18)24(28)33/h3-13,16,32H,14-15H2,1-2H3,(H2,28,33)(H,29,30,31). The van der Waals surface area contributed by atoms with E-state index in [0.29, 0.717) is 17.1 Å². The van der Waals surface area contributed by atoms with Gasteiger partial charge in [0.2, 0.25) is 11.7 Å². The number of nitrogens with two attached hydrogens (primary N) is 1. The van der Waals surface area contributed by atoms with Crippen LogP contribution in [-0.4, -0.2) is 56.8 Å². The fourth-order valence-electron chi connectivity index (χ4n) is 3.47. The van der Waals surface area contributed by atoms with Crippen LogP contribution in [0.25, 0.3) is 11.4 Å². The van der Waals surface area contributed by atoms with Crippen molar-refractivity contribution in [2.45, 2.75) is 4.90 Å². The number of nitrogens with zero attached hydrogens (tertiary/aromatic N) is 2. The Morgan fingerprint density at radius 2 is 1.60 bits per heavy atom. The molecule has 1 amide bonds. The molecule has 4 N–H and O–H groups in total. The summed E-state index contributed by atoms with van der Waals surface area (Å²) in [6.45, 7) is -0.519. The van der Waals surface area contributed by atoms with Gasteiger partial charge in [-0.3, -0.25) is 9.52 Å². The number of aliphatic hydroxyl groups excluding tert-OH is 1. The van der Waals surface area contributed by atoms with Gasteiger partial charge in [0.15, 0.2) is 11.6 Å². The van der Waals surface area contributed by atoms with Gasteiger partial charge in [0.05, 0.1) is 25.7 Å². The van der Waals surface area contributed by atoms with E-state index in [1.54, 1.807) is 36.4 Å². The van der Waals surface area contributed by atoms with Crippen molar-refractivity contribution >= 4 is 21.7 Å². The maximum atomic E-state index is 13.4. The number of carbonyl (C=O) groups is 1. The largest absolute Gasteiger partial charge is 0.497 e. The molecule has 4 aromatic rings. The Bertz CT molecular complexity index is 1590. The first kappa shape index (κ1) is 28.1. The second kappa shape index (κ2) is 12.3. The summed E-state index contributed by atoms with van der Waals surface area (Å²) in [6, 6.07) is 18.4. The van der Waals surface area contributed by atoms with Crippen LogP contribution in [0.3, 0.4) is 0 Å². The number of ether oxygens (including phenoxy) is 4. The second-order valence-corrected chi connectivity index (χ2v) is 9.79. The van der Waals surface area contributed by atoms with E-state index in [0.717, 1.165) is 0 Å². The average Bonchev–Trinajstić information content (AvgIpc) is 2.97. The smallest absolute Gasteiger partial charge is 0.263 e. The van der Waals surface area contributed by atoms with E-state index in [4.69, 9.17) is 24.7 Å². The molecular weight excluding hydrogens is 540 g/mol. The highest BCUT2D eigenvalue weighted by atomic mass is 32.2. The van der Waals surface area contributed by atoms with Crippen molar-refractivity contribution in [3.05, 3.63) is 78.4 Å². The monoisotopic (exact) mass is 566 g/mol.